The molecule has 0 fully saturated rings. The molecule has 0 atom stereocenters. The number of aliphatic imine (C=N–C) groups is 1. The smallest absolute Gasteiger partial charge is 0.188 e. The topological polar surface area (TPSA) is 63.3 Å². The molecule has 17 heavy (non-hydrogen) atoms. The summed E-state index contributed by atoms with van der Waals surface area (Å²) in [6, 6.07) is 3.99. The Morgan fingerprint density at radius 2 is 2.29 bits per heavy atom. The predicted molar refractivity (Wildman–Crippen MR) is 82.7 cm³/mol. The second-order valence-electron chi connectivity index (χ2n) is 4.16. The van der Waals surface area contributed by atoms with E-state index in [1.54, 1.807) is 6.20 Å². The number of aromatic nitrogens is 1. The Balaban J connectivity index is 0.00000256. The number of nitrogens with zero attached hydrogens (tertiary/aromatic N) is 2. The first kappa shape index (κ1) is 16.1. The first-order chi connectivity index (χ1) is 7.68. The monoisotopic (exact) mass is 348 g/mol. The van der Waals surface area contributed by atoms with Crippen LogP contribution in [0.1, 0.15) is 19.4 Å². The van der Waals surface area contributed by atoms with Gasteiger partial charge in [-0.3, -0.25) is 9.98 Å². The lowest BCUT2D eigenvalue weighted by molar-refractivity contribution is 0.661. The molecule has 3 N–H and O–H groups in total. The molecule has 0 aliphatic carbocycles. The summed E-state index contributed by atoms with van der Waals surface area (Å²) >= 11 is 0. The fraction of sp³-hybridized carbons (Fsp3) is 0.500. The molecule has 1 aromatic heterocycles. The van der Waals surface area contributed by atoms with Crippen LogP contribution in [0.25, 0.3) is 0 Å². The molecule has 0 saturated carbocycles. The van der Waals surface area contributed by atoms with Crippen molar-refractivity contribution in [1.29, 1.82) is 0 Å². The highest BCUT2D eigenvalue weighted by molar-refractivity contribution is 14.0. The van der Waals surface area contributed by atoms with Crippen LogP contribution in [0.15, 0.2) is 29.5 Å². The summed E-state index contributed by atoms with van der Waals surface area (Å²) in [6.45, 7) is 5.80. The number of pyridine rings is 1. The van der Waals surface area contributed by atoms with E-state index < -0.39 is 0 Å². The van der Waals surface area contributed by atoms with Crippen molar-refractivity contribution in [3.8, 4) is 0 Å². The highest BCUT2D eigenvalue weighted by Gasteiger charge is 1.95. The van der Waals surface area contributed by atoms with E-state index in [4.69, 9.17) is 5.73 Å². The zero-order chi connectivity index (χ0) is 11.8. The third kappa shape index (κ3) is 7.95. The first-order valence-corrected chi connectivity index (χ1v) is 5.61. The van der Waals surface area contributed by atoms with Crippen LogP contribution < -0.4 is 11.1 Å². The van der Waals surface area contributed by atoms with Gasteiger partial charge in [0.2, 0.25) is 0 Å². The molecule has 0 aliphatic heterocycles. The van der Waals surface area contributed by atoms with Gasteiger partial charge in [0.15, 0.2) is 5.96 Å². The maximum absolute atomic E-state index is 5.71. The summed E-state index contributed by atoms with van der Waals surface area (Å²) in [5.74, 6) is 1.07. The van der Waals surface area contributed by atoms with Gasteiger partial charge in [0, 0.05) is 25.5 Å². The second kappa shape index (κ2) is 9.21. The van der Waals surface area contributed by atoms with Crippen molar-refractivity contribution in [3.05, 3.63) is 30.1 Å². The quantitative estimate of drug-likeness (QED) is 0.485. The van der Waals surface area contributed by atoms with Gasteiger partial charge in [0.25, 0.3) is 0 Å². The number of hydrogen-bond donors (Lipinski definition) is 2. The maximum Gasteiger partial charge on any atom is 0.188 e. The molecule has 1 heterocycles. The Hall–Kier alpha value is -0.850. The van der Waals surface area contributed by atoms with Crippen LogP contribution in [-0.2, 0) is 6.42 Å². The molecule has 1 rings (SSSR count). The van der Waals surface area contributed by atoms with Crippen LogP contribution in [0.2, 0.25) is 0 Å². The molecule has 4 nitrogen and oxygen atoms in total. The summed E-state index contributed by atoms with van der Waals surface area (Å²) in [7, 11) is 0. The zero-order valence-electron chi connectivity index (χ0n) is 10.4. The van der Waals surface area contributed by atoms with E-state index in [1.807, 2.05) is 12.3 Å². The van der Waals surface area contributed by atoms with Gasteiger partial charge in [-0.15, -0.1) is 24.0 Å². The third-order valence-electron chi connectivity index (χ3n) is 2.07. The van der Waals surface area contributed by atoms with Crippen molar-refractivity contribution in [2.75, 3.05) is 13.1 Å². The van der Waals surface area contributed by atoms with E-state index in [-0.39, 0.29) is 24.0 Å². The standard InChI is InChI=1S/C12H20N4.HI/c1-10(2)8-16-12(13)15-7-5-11-4-3-6-14-9-11;/h3-4,6,9-10H,5,7-8H2,1-2H3,(H3,13,15,16);1H. The van der Waals surface area contributed by atoms with Crippen molar-refractivity contribution >= 4 is 29.9 Å². The summed E-state index contributed by atoms with van der Waals surface area (Å²) in [6.07, 6.45) is 4.55. The van der Waals surface area contributed by atoms with Crippen molar-refractivity contribution in [1.82, 2.24) is 10.3 Å². The molecule has 1 aromatic rings. The normalized spacial score (nSPS) is 11.1. The zero-order valence-corrected chi connectivity index (χ0v) is 12.7. The van der Waals surface area contributed by atoms with Crippen molar-refractivity contribution in [2.24, 2.45) is 16.6 Å². The molecule has 0 bridgehead atoms. The van der Waals surface area contributed by atoms with Crippen molar-refractivity contribution in [3.63, 3.8) is 0 Å². The number of hydrogen-bond acceptors (Lipinski definition) is 2. The van der Waals surface area contributed by atoms with Crippen LogP contribution in [0, 0.1) is 5.92 Å². The molecule has 0 radical (unpaired) electrons. The molecule has 0 unspecified atom stereocenters. The van der Waals surface area contributed by atoms with E-state index in [9.17, 15) is 0 Å². The Morgan fingerprint density at radius 3 is 2.88 bits per heavy atom. The lowest BCUT2D eigenvalue weighted by atomic mass is 10.2. The Labute approximate surface area is 120 Å². The minimum atomic E-state index is 0. The first-order valence-electron chi connectivity index (χ1n) is 5.61. The molecule has 0 amide bonds. The maximum atomic E-state index is 5.71. The lowest BCUT2D eigenvalue weighted by Crippen LogP contribution is -2.33. The molecule has 96 valence electrons. The van der Waals surface area contributed by atoms with Gasteiger partial charge in [-0.25, -0.2) is 0 Å². The number of guanidine groups is 1. The average molecular weight is 348 g/mol. The van der Waals surface area contributed by atoms with E-state index in [1.165, 1.54) is 5.56 Å². The van der Waals surface area contributed by atoms with Crippen LogP contribution in [0.4, 0.5) is 0 Å². The van der Waals surface area contributed by atoms with E-state index >= 15 is 0 Å². The summed E-state index contributed by atoms with van der Waals surface area (Å²) in [5.41, 5.74) is 6.91. The third-order valence-corrected chi connectivity index (χ3v) is 2.07. The van der Waals surface area contributed by atoms with E-state index in [2.05, 4.69) is 35.2 Å². The van der Waals surface area contributed by atoms with E-state index in [0.29, 0.717) is 11.9 Å². The highest BCUT2D eigenvalue weighted by Crippen LogP contribution is 1.95. The highest BCUT2D eigenvalue weighted by atomic mass is 127. The fourth-order valence-electron chi connectivity index (χ4n) is 1.22. The van der Waals surface area contributed by atoms with Gasteiger partial charge >= 0.3 is 0 Å². The molecule has 0 spiro atoms. The van der Waals surface area contributed by atoms with Gasteiger partial charge in [0.05, 0.1) is 0 Å². The molecule has 0 aromatic carbocycles. The molecule has 5 heteroatoms. The summed E-state index contributed by atoms with van der Waals surface area (Å²) in [4.78, 5) is 8.28. The molecule has 0 saturated heterocycles. The fourth-order valence-corrected chi connectivity index (χ4v) is 1.22. The van der Waals surface area contributed by atoms with Crippen molar-refractivity contribution < 1.29 is 0 Å². The van der Waals surface area contributed by atoms with Gasteiger partial charge < -0.3 is 11.1 Å². The summed E-state index contributed by atoms with van der Waals surface area (Å²) in [5, 5.41) is 3.09. The van der Waals surface area contributed by atoms with E-state index in [0.717, 1.165) is 19.5 Å². The minimum absolute atomic E-state index is 0. The number of nitrogens with one attached hydrogen (secondary N) is 1. The van der Waals surface area contributed by atoms with Crippen LogP contribution >= 0.6 is 24.0 Å². The minimum Gasteiger partial charge on any atom is -0.370 e. The SMILES string of the molecule is CC(C)CN=C(N)NCCc1cccnc1.I. The van der Waals surface area contributed by atoms with Crippen LogP contribution in [0.5, 0.6) is 0 Å². The number of rotatable bonds is 5. The number of nitrogens with two attached hydrogens (primary N) is 1. The van der Waals surface area contributed by atoms with Crippen LogP contribution in [0.3, 0.4) is 0 Å². The van der Waals surface area contributed by atoms with Gasteiger partial charge in [-0.2, -0.15) is 0 Å². The molecule has 0 aliphatic rings. The molecular formula is C12H21IN4. The predicted octanol–water partition coefficient (Wildman–Crippen LogP) is 1.80. The van der Waals surface area contributed by atoms with Gasteiger partial charge in [0.1, 0.15) is 0 Å². The van der Waals surface area contributed by atoms with Crippen LogP contribution in [-0.4, -0.2) is 24.0 Å². The average Bonchev–Trinajstić information content (AvgIpc) is 2.28. The second-order valence-corrected chi connectivity index (χ2v) is 4.16. The largest absolute Gasteiger partial charge is 0.370 e. The summed E-state index contributed by atoms with van der Waals surface area (Å²) < 4.78 is 0. The Morgan fingerprint density at radius 1 is 1.53 bits per heavy atom. The number of halogens is 1. The van der Waals surface area contributed by atoms with Gasteiger partial charge in [-0.05, 0) is 24.0 Å². The van der Waals surface area contributed by atoms with Crippen molar-refractivity contribution in [2.45, 2.75) is 20.3 Å². The Bertz CT molecular complexity index is 325. The Kier molecular flexibility index (Phi) is 8.75. The molecular weight excluding hydrogens is 327 g/mol. The van der Waals surface area contributed by atoms with Gasteiger partial charge in [-0.1, -0.05) is 19.9 Å². The lowest BCUT2D eigenvalue weighted by Gasteiger charge is -2.06.